The molecule has 1 aromatic heterocycles. The Morgan fingerprint density at radius 3 is 2.09 bits per heavy atom. The molecule has 0 aromatic carbocycles. The Labute approximate surface area is 197 Å². The second-order valence-electron chi connectivity index (χ2n) is 8.55. The highest BCUT2D eigenvalue weighted by atomic mass is 16.4. The molecule has 0 saturated carbocycles. The molecule has 1 rings (SSSR count). The molecule has 13 heteroatoms. The molecule has 1 heterocycles. The van der Waals surface area contributed by atoms with Crippen LogP contribution in [0.1, 0.15) is 46.2 Å². The molecule has 4 amide bonds. The van der Waals surface area contributed by atoms with Gasteiger partial charge in [-0.05, 0) is 11.8 Å². The Morgan fingerprint density at radius 2 is 1.62 bits per heavy atom. The van der Waals surface area contributed by atoms with Gasteiger partial charge in [0.25, 0.3) is 0 Å². The van der Waals surface area contributed by atoms with Crippen molar-refractivity contribution in [2.24, 2.45) is 23.3 Å². The summed E-state index contributed by atoms with van der Waals surface area (Å²) in [4.78, 5) is 68.1. The van der Waals surface area contributed by atoms with E-state index in [-0.39, 0.29) is 12.3 Å². The van der Waals surface area contributed by atoms with Crippen LogP contribution in [0.3, 0.4) is 0 Å². The third-order valence-electron chi connectivity index (χ3n) is 5.45. The molecule has 0 aliphatic heterocycles. The summed E-state index contributed by atoms with van der Waals surface area (Å²) in [6.07, 6.45) is 2.76. The van der Waals surface area contributed by atoms with E-state index in [9.17, 15) is 29.1 Å². The standard InChI is InChI=1S/C21H35N7O6/c1-5-11(4)17(21(33)34)28-19(31)14(7-15(22)29)26-18(30)13(6-12-8-24-9-25-12)27-20(32)16(23)10(2)3/h8-11,13-14,16-17H,5-7,23H2,1-4H3,(H2,22,29)(H,24,25)(H,26,30)(H,27,32)(H,28,31)(H,33,34). The van der Waals surface area contributed by atoms with Crippen LogP contribution in [0, 0.1) is 11.8 Å². The van der Waals surface area contributed by atoms with Crippen molar-refractivity contribution < 1.29 is 29.1 Å². The van der Waals surface area contributed by atoms with Crippen LogP contribution >= 0.6 is 0 Å². The van der Waals surface area contributed by atoms with E-state index in [1.54, 1.807) is 27.7 Å². The van der Waals surface area contributed by atoms with Crippen LogP contribution in [-0.2, 0) is 30.4 Å². The highest BCUT2D eigenvalue weighted by Gasteiger charge is 2.33. The minimum atomic E-state index is -1.45. The van der Waals surface area contributed by atoms with Crippen LogP contribution in [0.15, 0.2) is 12.5 Å². The predicted octanol–water partition coefficient (Wildman–Crippen LogP) is -1.60. The van der Waals surface area contributed by atoms with Gasteiger partial charge in [0.1, 0.15) is 18.1 Å². The van der Waals surface area contributed by atoms with E-state index < -0.39 is 66.1 Å². The fourth-order valence-corrected chi connectivity index (χ4v) is 3.02. The van der Waals surface area contributed by atoms with Crippen LogP contribution in [0.25, 0.3) is 0 Å². The van der Waals surface area contributed by atoms with Gasteiger partial charge in [0.15, 0.2) is 0 Å². The number of hydrogen-bond donors (Lipinski definition) is 7. The number of aliphatic carboxylic acids is 1. The Hall–Kier alpha value is -3.48. The molecule has 0 aliphatic rings. The van der Waals surface area contributed by atoms with Gasteiger partial charge in [-0.1, -0.05) is 34.1 Å². The number of nitrogens with zero attached hydrogens (tertiary/aromatic N) is 1. The lowest BCUT2D eigenvalue weighted by Crippen LogP contribution is -2.59. The summed E-state index contributed by atoms with van der Waals surface area (Å²) < 4.78 is 0. The van der Waals surface area contributed by atoms with E-state index in [4.69, 9.17) is 11.5 Å². The quantitative estimate of drug-likeness (QED) is 0.163. The first kappa shape index (κ1) is 28.6. The summed E-state index contributed by atoms with van der Waals surface area (Å²) >= 11 is 0. The molecule has 0 bridgehead atoms. The summed E-state index contributed by atoms with van der Waals surface area (Å²) in [5.74, 6) is -4.98. The number of hydrogen-bond acceptors (Lipinski definition) is 7. The van der Waals surface area contributed by atoms with Crippen LogP contribution in [0.5, 0.6) is 0 Å². The highest BCUT2D eigenvalue weighted by Crippen LogP contribution is 2.09. The van der Waals surface area contributed by atoms with E-state index in [1.807, 2.05) is 0 Å². The van der Waals surface area contributed by atoms with E-state index in [0.717, 1.165) is 0 Å². The van der Waals surface area contributed by atoms with E-state index in [0.29, 0.717) is 12.1 Å². The molecule has 34 heavy (non-hydrogen) atoms. The fourth-order valence-electron chi connectivity index (χ4n) is 3.02. The zero-order chi connectivity index (χ0) is 26.0. The van der Waals surface area contributed by atoms with E-state index in [1.165, 1.54) is 12.5 Å². The van der Waals surface area contributed by atoms with Crippen LogP contribution in [0.2, 0.25) is 0 Å². The molecule has 1 aromatic rings. The second kappa shape index (κ2) is 13.3. The average Bonchev–Trinajstić information content (AvgIpc) is 3.27. The number of imidazole rings is 1. The molecule has 0 saturated heterocycles. The summed E-state index contributed by atoms with van der Waals surface area (Å²) in [6, 6.07) is -4.72. The van der Waals surface area contributed by atoms with Gasteiger partial charge in [0.2, 0.25) is 23.6 Å². The molecule has 0 radical (unpaired) electrons. The number of carboxylic acids is 1. The summed E-state index contributed by atoms with van der Waals surface area (Å²) in [5, 5.41) is 16.7. The molecule has 0 aliphatic carbocycles. The second-order valence-corrected chi connectivity index (χ2v) is 8.55. The van der Waals surface area contributed by atoms with Gasteiger partial charge in [0, 0.05) is 18.3 Å². The van der Waals surface area contributed by atoms with Gasteiger partial charge in [-0.15, -0.1) is 0 Å². The number of aromatic nitrogens is 2. The number of H-pyrrole nitrogens is 1. The molecular weight excluding hydrogens is 446 g/mol. The third kappa shape index (κ3) is 8.81. The van der Waals surface area contributed by atoms with Gasteiger partial charge in [0.05, 0.1) is 18.8 Å². The molecular formula is C21H35N7O6. The zero-order valence-electron chi connectivity index (χ0n) is 19.8. The van der Waals surface area contributed by atoms with Crippen LogP contribution < -0.4 is 27.4 Å². The van der Waals surface area contributed by atoms with Crippen molar-refractivity contribution in [1.29, 1.82) is 0 Å². The topological polar surface area (TPSA) is 222 Å². The Balaban J connectivity index is 3.09. The normalized spacial score (nSPS) is 15.5. The lowest BCUT2D eigenvalue weighted by atomic mass is 9.98. The van der Waals surface area contributed by atoms with Crippen LogP contribution in [0.4, 0.5) is 0 Å². The van der Waals surface area contributed by atoms with Crippen molar-refractivity contribution in [3.8, 4) is 0 Å². The van der Waals surface area contributed by atoms with Gasteiger partial charge in [-0.2, -0.15) is 0 Å². The number of carbonyl (C=O) groups is 5. The molecule has 5 atom stereocenters. The Kier molecular flexibility index (Phi) is 11.2. The maximum atomic E-state index is 13.1. The van der Waals surface area contributed by atoms with Gasteiger partial charge in [-0.3, -0.25) is 19.2 Å². The minimum absolute atomic E-state index is 0.00206. The molecule has 0 fully saturated rings. The smallest absolute Gasteiger partial charge is 0.326 e. The number of amides is 4. The molecule has 5 unspecified atom stereocenters. The Morgan fingerprint density at radius 1 is 1.03 bits per heavy atom. The van der Waals surface area contributed by atoms with Crippen LogP contribution in [-0.4, -0.2) is 68.8 Å². The number of rotatable bonds is 14. The van der Waals surface area contributed by atoms with E-state index >= 15 is 0 Å². The third-order valence-corrected chi connectivity index (χ3v) is 5.45. The van der Waals surface area contributed by atoms with E-state index in [2.05, 4.69) is 25.9 Å². The van der Waals surface area contributed by atoms with Gasteiger partial charge in [-0.25, -0.2) is 9.78 Å². The lowest BCUT2D eigenvalue weighted by molar-refractivity contribution is -0.144. The molecule has 9 N–H and O–H groups in total. The highest BCUT2D eigenvalue weighted by molar-refractivity contribution is 5.96. The number of aromatic amines is 1. The first-order valence-electron chi connectivity index (χ1n) is 11.0. The number of nitrogens with one attached hydrogen (secondary N) is 4. The molecule has 190 valence electrons. The maximum absolute atomic E-state index is 13.1. The van der Waals surface area contributed by atoms with Crippen molar-refractivity contribution >= 4 is 29.6 Å². The van der Waals surface area contributed by atoms with Crippen molar-refractivity contribution in [3.05, 3.63) is 18.2 Å². The number of carbonyl (C=O) groups excluding carboxylic acids is 4. The fraction of sp³-hybridized carbons (Fsp3) is 0.619. The largest absolute Gasteiger partial charge is 0.480 e. The first-order chi connectivity index (χ1) is 15.9. The number of carboxylic acid groups (broad SMARTS) is 1. The summed E-state index contributed by atoms with van der Waals surface area (Å²) in [5.41, 5.74) is 11.6. The maximum Gasteiger partial charge on any atom is 0.326 e. The Bertz CT molecular complexity index is 858. The minimum Gasteiger partial charge on any atom is -0.480 e. The van der Waals surface area contributed by atoms with Gasteiger partial charge < -0.3 is 37.5 Å². The zero-order valence-corrected chi connectivity index (χ0v) is 19.8. The summed E-state index contributed by atoms with van der Waals surface area (Å²) in [6.45, 7) is 6.91. The predicted molar refractivity (Wildman–Crippen MR) is 122 cm³/mol. The number of primary amides is 1. The first-order valence-corrected chi connectivity index (χ1v) is 11.0. The van der Waals surface area contributed by atoms with Gasteiger partial charge >= 0.3 is 5.97 Å². The van der Waals surface area contributed by atoms with Crippen molar-refractivity contribution in [1.82, 2.24) is 25.9 Å². The SMILES string of the molecule is CCC(C)C(NC(=O)C(CC(N)=O)NC(=O)C(Cc1cnc[nH]1)NC(=O)C(N)C(C)C)C(=O)O. The summed E-state index contributed by atoms with van der Waals surface area (Å²) in [7, 11) is 0. The van der Waals surface area contributed by atoms with Crippen molar-refractivity contribution in [3.63, 3.8) is 0 Å². The van der Waals surface area contributed by atoms with Crippen molar-refractivity contribution in [2.45, 2.75) is 71.1 Å². The molecule has 0 spiro atoms. The lowest BCUT2D eigenvalue weighted by Gasteiger charge is -2.26. The van der Waals surface area contributed by atoms with Crippen molar-refractivity contribution in [2.75, 3.05) is 0 Å². The average molecular weight is 482 g/mol. The number of nitrogens with two attached hydrogens (primary N) is 2. The monoisotopic (exact) mass is 481 g/mol. The molecule has 13 nitrogen and oxygen atoms in total.